The van der Waals surface area contributed by atoms with Gasteiger partial charge in [-0.15, -0.1) is 0 Å². The molecule has 2 heterocycles. The number of hydrogen-bond acceptors (Lipinski definition) is 4. The second-order valence-corrected chi connectivity index (χ2v) is 4.50. The van der Waals surface area contributed by atoms with E-state index < -0.39 is 0 Å². The SMILES string of the molecule is Cc1ccc(-c2[nH]ncc2CNCCC(C)O)o1. The molecule has 0 radical (unpaired) electrons. The Balaban J connectivity index is 1.96. The van der Waals surface area contributed by atoms with Crippen molar-refractivity contribution in [2.75, 3.05) is 6.54 Å². The zero-order valence-corrected chi connectivity index (χ0v) is 10.7. The Hall–Kier alpha value is -1.59. The average molecular weight is 249 g/mol. The first-order valence-electron chi connectivity index (χ1n) is 6.14. The molecule has 0 bridgehead atoms. The van der Waals surface area contributed by atoms with Crippen molar-refractivity contribution in [2.24, 2.45) is 0 Å². The first-order chi connectivity index (χ1) is 8.66. The van der Waals surface area contributed by atoms with E-state index in [1.807, 2.05) is 19.1 Å². The number of H-pyrrole nitrogens is 1. The van der Waals surface area contributed by atoms with Crippen molar-refractivity contribution in [3.63, 3.8) is 0 Å². The summed E-state index contributed by atoms with van der Waals surface area (Å²) in [6, 6.07) is 3.86. The molecule has 98 valence electrons. The van der Waals surface area contributed by atoms with E-state index in [2.05, 4.69) is 15.5 Å². The van der Waals surface area contributed by atoms with Gasteiger partial charge in [-0.1, -0.05) is 0 Å². The van der Waals surface area contributed by atoms with E-state index >= 15 is 0 Å². The lowest BCUT2D eigenvalue weighted by atomic mass is 10.2. The van der Waals surface area contributed by atoms with E-state index in [9.17, 15) is 5.11 Å². The molecule has 0 saturated carbocycles. The molecule has 1 atom stereocenters. The molecule has 0 aliphatic rings. The summed E-state index contributed by atoms with van der Waals surface area (Å²) in [7, 11) is 0. The van der Waals surface area contributed by atoms with Gasteiger partial charge in [0.15, 0.2) is 5.76 Å². The van der Waals surface area contributed by atoms with Gasteiger partial charge in [-0.05, 0) is 38.9 Å². The van der Waals surface area contributed by atoms with Crippen molar-refractivity contribution in [1.29, 1.82) is 0 Å². The molecule has 0 aliphatic carbocycles. The molecule has 1 unspecified atom stereocenters. The third kappa shape index (κ3) is 3.21. The molecular formula is C13H19N3O2. The average Bonchev–Trinajstić information content (AvgIpc) is 2.92. The zero-order valence-electron chi connectivity index (χ0n) is 10.7. The number of furan rings is 1. The number of nitrogens with one attached hydrogen (secondary N) is 2. The smallest absolute Gasteiger partial charge is 0.152 e. The van der Waals surface area contributed by atoms with Crippen LogP contribution in [0.5, 0.6) is 0 Å². The van der Waals surface area contributed by atoms with Gasteiger partial charge in [-0.2, -0.15) is 5.10 Å². The molecule has 0 aliphatic heterocycles. The van der Waals surface area contributed by atoms with E-state index in [1.165, 1.54) is 0 Å². The maximum absolute atomic E-state index is 9.17. The molecular weight excluding hydrogens is 230 g/mol. The molecule has 2 aromatic rings. The second-order valence-electron chi connectivity index (χ2n) is 4.50. The summed E-state index contributed by atoms with van der Waals surface area (Å²) in [4.78, 5) is 0. The van der Waals surface area contributed by atoms with Gasteiger partial charge in [0.1, 0.15) is 11.5 Å². The number of aromatic amines is 1. The van der Waals surface area contributed by atoms with Crippen LogP contribution in [0.3, 0.4) is 0 Å². The van der Waals surface area contributed by atoms with Crippen LogP contribution in [-0.2, 0) is 6.54 Å². The highest BCUT2D eigenvalue weighted by Crippen LogP contribution is 2.23. The topological polar surface area (TPSA) is 74.1 Å². The summed E-state index contributed by atoms with van der Waals surface area (Å²) in [5.74, 6) is 1.69. The second kappa shape index (κ2) is 5.84. The molecule has 0 spiro atoms. The monoisotopic (exact) mass is 249 g/mol. The summed E-state index contributed by atoms with van der Waals surface area (Å²) in [6.45, 7) is 5.19. The van der Waals surface area contributed by atoms with Crippen LogP contribution in [0.2, 0.25) is 0 Å². The molecule has 0 saturated heterocycles. The van der Waals surface area contributed by atoms with Crippen LogP contribution < -0.4 is 5.32 Å². The number of rotatable bonds is 6. The van der Waals surface area contributed by atoms with Crippen LogP contribution >= 0.6 is 0 Å². The zero-order chi connectivity index (χ0) is 13.0. The molecule has 2 aromatic heterocycles. The van der Waals surface area contributed by atoms with Crippen LogP contribution in [0.15, 0.2) is 22.7 Å². The molecule has 5 heteroatoms. The Morgan fingerprint density at radius 3 is 3.00 bits per heavy atom. The number of aromatic nitrogens is 2. The van der Waals surface area contributed by atoms with E-state index in [1.54, 1.807) is 13.1 Å². The highest BCUT2D eigenvalue weighted by molar-refractivity contribution is 5.56. The number of aliphatic hydroxyl groups excluding tert-OH is 1. The Labute approximate surface area is 106 Å². The van der Waals surface area contributed by atoms with Gasteiger partial charge in [-0.25, -0.2) is 0 Å². The third-order valence-electron chi connectivity index (χ3n) is 2.76. The first kappa shape index (κ1) is 12.9. The van der Waals surface area contributed by atoms with Crippen LogP contribution in [0.1, 0.15) is 24.7 Å². The Morgan fingerprint density at radius 2 is 2.33 bits per heavy atom. The Kier molecular flexibility index (Phi) is 4.17. The minimum absolute atomic E-state index is 0.269. The van der Waals surface area contributed by atoms with E-state index in [4.69, 9.17) is 4.42 Å². The highest BCUT2D eigenvalue weighted by atomic mass is 16.3. The number of hydrogen-bond donors (Lipinski definition) is 3. The lowest BCUT2D eigenvalue weighted by molar-refractivity contribution is 0.183. The van der Waals surface area contributed by atoms with Crippen LogP contribution in [0.25, 0.3) is 11.5 Å². The van der Waals surface area contributed by atoms with Crippen LogP contribution in [0, 0.1) is 6.92 Å². The molecule has 0 fully saturated rings. The van der Waals surface area contributed by atoms with Gasteiger partial charge in [-0.3, -0.25) is 5.10 Å². The molecule has 18 heavy (non-hydrogen) atoms. The summed E-state index contributed by atoms with van der Waals surface area (Å²) in [6.07, 6.45) is 2.27. The maximum atomic E-state index is 9.17. The largest absolute Gasteiger partial charge is 0.460 e. The summed E-state index contributed by atoms with van der Waals surface area (Å²) < 4.78 is 5.57. The minimum atomic E-state index is -0.269. The summed E-state index contributed by atoms with van der Waals surface area (Å²) in [5, 5.41) is 19.4. The quantitative estimate of drug-likeness (QED) is 0.683. The Morgan fingerprint density at radius 1 is 1.50 bits per heavy atom. The van der Waals surface area contributed by atoms with Crippen molar-refractivity contribution in [3.05, 3.63) is 29.7 Å². The van der Waals surface area contributed by atoms with Crippen LogP contribution in [-0.4, -0.2) is 28.0 Å². The van der Waals surface area contributed by atoms with E-state index in [0.29, 0.717) is 6.54 Å². The van der Waals surface area contributed by atoms with Crippen molar-refractivity contribution >= 4 is 0 Å². The van der Waals surface area contributed by atoms with Crippen molar-refractivity contribution < 1.29 is 9.52 Å². The fourth-order valence-corrected chi connectivity index (χ4v) is 1.76. The summed E-state index contributed by atoms with van der Waals surface area (Å²) >= 11 is 0. The fraction of sp³-hybridized carbons (Fsp3) is 0.462. The van der Waals surface area contributed by atoms with Gasteiger partial charge >= 0.3 is 0 Å². The van der Waals surface area contributed by atoms with Crippen LogP contribution in [0.4, 0.5) is 0 Å². The predicted octanol–water partition coefficient (Wildman–Crippen LogP) is 1.84. The number of aryl methyl sites for hydroxylation is 1. The minimum Gasteiger partial charge on any atom is -0.460 e. The lowest BCUT2D eigenvalue weighted by Crippen LogP contribution is -2.18. The van der Waals surface area contributed by atoms with Crippen molar-refractivity contribution in [2.45, 2.75) is 32.9 Å². The number of nitrogens with zero attached hydrogens (tertiary/aromatic N) is 1. The van der Waals surface area contributed by atoms with E-state index in [0.717, 1.165) is 35.7 Å². The Bertz CT molecular complexity index is 488. The molecule has 0 amide bonds. The highest BCUT2D eigenvalue weighted by Gasteiger charge is 2.10. The van der Waals surface area contributed by atoms with Crippen molar-refractivity contribution in [3.8, 4) is 11.5 Å². The molecule has 5 nitrogen and oxygen atoms in total. The van der Waals surface area contributed by atoms with Gasteiger partial charge in [0.05, 0.1) is 12.3 Å². The van der Waals surface area contributed by atoms with Gasteiger partial charge in [0.2, 0.25) is 0 Å². The standard InChI is InChI=1S/C13H19N3O2/c1-9(17)5-6-14-7-11-8-15-16-13(11)12-4-3-10(2)18-12/h3-4,8-9,14,17H,5-7H2,1-2H3,(H,15,16). The fourth-order valence-electron chi connectivity index (χ4n) is 1.76. The molecule has 2 rings (SSSR count). The van der Waals surface area contributed by atoms with Gasteiger partial charge in [0, 0.05) is 12.1 Å². The third-order valence-corrected chi connectivity index (χ3v) is 2.76. The lowest BCUT2D eigenvalue weighted by Gasteiger charge is -2.06. The molecule has 0 aromatic carbocycles. The molecule has 3 N–H and O–H groups in total. The normalized spacial score (nSPS) is 12.8. The van der Waals surface area contributed by atoms with Gasteiger partial charge in [0.25, 0.3) is 0 Å². The first-order valence-corrected chi connectivity index (χ1v) is 6.14. The number of aliphatic hydroxyl groups is 1. The predicted molar refractivity (Wildman–Crippen MR) is 69.0 cm³/mol. The summed E-state index contributed by atoms with van der Waals surface area (Å²) in [5.41, 5.74) is 1.97. The van der Waals surface area contributed by atoms with Crippen molar-refractivity contribution in [1.82, 2.24) is 15.5 Å². The maximum Gasteiger partial charge on any atom is 0.152 e. The van der Waals surface area contributed by atoms with E-state index in [-0.39, 0.29) is 6.10 Å². The van der Waals surface area contributed by atoms with Gasteiger partial charge < -0.3 is 14.8 Å².